The molecule has 0 amide bonds. The monoisotopic (exact) mass is 267 g/mol. The largest absolute Gasteiger partial charge is 0.327 e. The topological polar surface area (TPSA) is 43.8 Å². The SMILES string of the molecule is CCn1ncc(Cl)c1C(F)(CN)c1ccccc1. The summed E-state index contributed by atoms with van der Waals surface area (Å²) >= 11 is 6.06. The van der Waals surface area contributed by atoms with E-state index in [1.54, 1.807) is 28.9 Å². The molecule has 18 heavy (non-hydrogen) atoms. The van der Waals surface area contributed by atoms with E-state index >= 15 is 4.39 Å². The molecule has 0 bridgehead atoms. The van der Waals surface area contributed by atoms with Gasteiger partial charge >= 0.3 is 0 Å². The molecule has 3 nitrogen and oxygen atoms in total. The Labute approximate surface area is 110 Å². The first-order valence-corrected chi connectivity index (χ1v) is 6.17. The Morgan fingerprint density at radius 2 is 2.06 bits per heavy atom. The summed E-state index contributed by atoms with van der Waals surface area (Å²) in [7, 11) is 0. The number of aromatic nitrogens is 2. The van der Waals surface area contributed by atoms with Gasteiger partial charge in [-0.05, 0) is 12.5 Å². The zero-order valence-corrected chi connectivity index (χ0v) is 10.9. The number of hydrogen-bond acceptors (Lipinski definition) is 2. The molecule has 0 aliphatic rings. The number of aryl methyl sites for hydroxylation is 1. The summed E-state index contributed by atoms with van der Waals surface area (Å²) in [4.78, 5) is 0. The molecule has 1 unspecified atom stereocenters. The molecular formula is C13H15ClFN3. The van der Waals surface area contributed by atoms with Gasteiger partial charge in [0.1, 0.15) is 5.69 Å². The Hall–Kier alpha value is -1.39. The fourth-order valence-corrected chi connectivity index (χ4v) is 2.34. The predicted molar refractivity (Wildman–Crippen MR) is 70.3 cm³/mol. The molecule has 96 valence electrons. The maximum absolute atomic E-state index is 15.3. The molecule has 2 rings (SSSR count). The van der Waals surface area contributed by atoms with Crippen molar-refractivity contribution in [1.29, 1.82) is 0 Å². The van der Waals surface area contributed by atoms with Crippen LogP contribution in [0.15, 0.2) is 36.5 Å². The molecule has 0 radical (unpaired) electrons. The van der Waals surface area contributed by atoms with Crippen LogP contribution >= 0.6 is 11.6 Å². The molecule has 1 heterocycles. The van der Waals surface area contributed by atoms with Crippen LogP contribution in [0.2, 0.25) is 5.02 Å². The highest BCUT2D eigenvalue weighted by atomic mass is 35.5. The fourth-order valence-electron chi connectivity index (χ4n) is 2.05. The highest BCUT2D eigenvalue weighted by Crippen LogP contribution is 2.37. The molecule has 5 heteroatoms. The number of nitrogens with two attached hydrogens (primary N) is 1. The van der Waals surface area contributed by atoms with E-state index in [-0.39, 0.29) is 6.54 Å². The molecule has 1 aromatic heterocycles. The lowest BCUT2D eigenvalue weighted by Gasteiger charge is -2.25. The van der Waals surface area contributed by atoms with E-state index in [1.807, 2.05) is 13.0 Å². The average molecular weight is 268 g/mol. The van der Waals surface area contributed by atoms with Crippen LogP contribution in [0, 0.1) is 0 Å². The van der Waals surface area contributed by atoms with Crippen molar-refractivity contribution in [3.63, 3.8) is 0 Å². The molecule has 0 saturated carbocycles. The summed E-state index contributed by atoms with van der Waals surface area (Å²) in [5, 5.41) is 4.36. The quantitative estimate of drug-likeness (QED) is 0.926. The summed E-state index contributed by atoms with van der Waals surface area (Å²) < 4.78 is 16.8. The van der Waals surface area contributed by atoms with Gasteiger partial charge in [-0.25, -0.2) is 4.39 Å². The maximum atomic E-state index is 15.3. The minimum Gasteiger partial charge on any atom is -0.327 e. The Bertz CT molecular complexity index is 526. The van der Waals surface area contributed by atoms with Crippen LogP contribution < -0.4 is 5.73 Å². The van der Waals surface area contributed by atoms with Gasteiger partial charge in [-0.1, -0.05) is 41.9 Å². The van der Waals surface area contributed by atoms with E-state index in [0.29, 0.717) is 22.8 Å². The maximum Gasteiger partial charge on any atom is 0.190 e. The molecule has 2 N–H and O–H groups in total. The van der Waals surface area contributed by atoms with Crippen molar-refractivity contribution in [2.24, 2.45) is 5.73 Å². The average Bonchev–Trinajstić information content (AvgIpc) is 2.80. The molecule has 0 aliphatic carbocycles. The highest BCUT2D eigenvalue weighted by molar-refractivity contribution is 6.31. The first-order chi connectivity index (χ1) is 8.63. The van der Waals surface area contributed by atoms with E-state index in [2.05, 4.69) is 5.10 Å². The molecule has 0 aliphatic heterocycles. The third kappa shape index (κ3) is 2.02. The minimum absolute atomic E-state index is 0.178. The Kier molecular flexibility index (Phi) is 3.68. The van der Waals surface area contributed by atoms with Crippen molar-refractivity contribution in [3.05, 3.63) is 52.8 Å². The van der Waals surface area contributed by atoms with Crippen LogP contribution in [0.4, 0.5) is 4.39 Å². The van der Waals surface area contributed by atoms with Gasteiger partial charge in [0.25, 0.3) is 0 Å². The van der Waals surface area contributed by atoms with Crippen LogP contribution in [0.5, 0.6) is 0 Å². The smallest absolute Gasteiger partial charge is 0.190 e. The first-order valence-electron chi connectivity index (χ1n) is 5.79. The molecule has 1 aromatic carbocycles. The summed E-state index contributed by atoms with van der Waals surface area (Å²) in [6.07, 6.45) is 1.45. The van der Waals surface area contributed by atoms with Crippen molar-refractivity contribution in [2.75, 3.05) is 6.54 Å². The van der Waals surface area contributed by atoms with Crippen molar-refractivity contribution in [2.45, 2.75) is 19.1 Å². The third-order valence-electron chi connectivity index (χ3n) is 2.98. The number of alkyl halides is 1. The van der Waals surface area contributed by atoms with E-state index in [0.717, 1.165) is 0 Å². The van der Waals surface area contributed by atoms with Crippen LogP contribution in [0.25, 0.3) is 0 Å². The molecule has 0 fully saturated rings. The van der Waals surface area contributed by atoms with Gasteiger partial charge in [0.05, 0.1) is 11.2 Å². The minimum atomic E-state index is -1.81. The normalized spacial score (nSPS) is 14.4. The molecule has 2 aromatic rings. The second-order valence-corrected chi connectivity index (χ2v) is 4.44. The summed E-state index contributed by atoms with van der Waals surface area (Å²) in [5.74, 6) is 0. The van der Waals surface area contributed by atoms with Crippen LogP contribution in [-0.2, 0) is 12.2 Å². The Balaban J connectivity index is 2.60. The van der Waals surface area contributed by atoms with Gasteiger partial charge in [-0.3, -0.25) is 4.68 Å². The zero-order chi connectivity index (χ0) is 13.2. The summed E-state index contributed by atoms with van der Waals surface area (Å²) in [6.45, 7) is 2.25. The number of benzene rings is 1. The molecular weight excluding hydrogens is 253 g/mol. The van der Waals surface area contributed by atoms with Gasteiger partial charge in [0.15, 0.2) is 5.67 Å². The number of rotatable bonds is 4. The molecule has 1 atom stereocenters. The standard InChI is InChI=1S/C13H15ClFN3/c1-2-18-12(11(14)8-17-18)13(15,9-16)10-6-4-3-5-7-10/h3-8H,2,9,16H2,1H3. The van der Waals surface area contributed by atoms with Crippen LogP contribution in [0.1, 0.15) is 18.2 Å². The number of nitrogens with zero attached hydrogens (tertiary/aromatic N) is 2. The lowest BCUT2D eigenvalue weighted by atomic mass is 9.92. The fraction of sp³-hybridized carbons (Fsp3) is 0.308. The van der Waals surface area contributed by atoms with E-state index in [1.165, 1.54) is 6.20 Å². The zero-order valence-electron chi connectivity index (χ0n) is 10.1. The molecule has 0 spiro atoms. The Morgan fingerprint density at radius 3 is 2.61 bits per heavy atom. The van der Waals surface area contributed by atoms with Gasteiger partial charge < -0.3 is 5.73 Å². The van der Waals surface area contributed by atoms with Gasteiger partial charge in [-0.15, -0.1) is 0 Å². The van der Waals surface area contributed by atoms with E-state index in [4.69, 9.17) is 17.3 Å². The lowest BCUT2D eigenvalue weighted by Crippen LogP contribution is -2.34. The lowest BCUT2D eigenvalue weighted by molar-refractivity contribution is 0.215. The van der Waals surface area contributed by atoms with E-state index < -0.39 is 5.67 Å². The third-order valence-corrected chi connectivity index (χ3v) is 3.26. The van der Waals surface area contributed by atoms with Crippen molar-refractivity contribution in [3.8, 4) is 0 Å². The second kappa shape index (κ2) is 5.08. The van der Waals surface area contributed by atoms with Crippen molar-refractivity contribution < 1.29 is 4.39 Å². The first kappa shape index (κ1) is 13.1. The van der Waals surface area contributed by atoms with Crippen molar-refractivity contribution >= 4 is 11.6 Å². The second-order valence-electron chi connectivity index (χ2n) is 4.03. The van der Waals surface area contributed by atoms with Gasteiger partial charge in [0.2, 0.25) is 0 Å². The van der Waals surface area contributed by atoms with Gasteiger partial charge in [-0.2, -0.15) is 5.10 Å². The predicted octanol–water partition coefficient (Wildman–Crippen LogP) is 2.73. The number of hydrogen-bond donors (Lipinski definition) is 1. The van der Waals surface area contributed by atoms with Crippen LogP contribution in [-0.4, -0.2) is 16.3 Å². The number of halogens is 2. The summed E-state index contributed by atoms with van der Waals surface area (Å²) in [5.41, 5.74) is 4.64. The van der Waals surface area contributed by atoms with Crippen molar-refractivity contribution in [1.82, 2.24) is 9.78 Å². The molecule has 0 saturated heterocycles. The Morgan fingerprint density at radius 1 is 1.39 bits per heavy atom. The summed E-state index contributed by atoms with van der Waals surface area (Å²) in [6, 6.07) is 8.80. The van der Waals surface area contributed by atoms with Crippen LogP contribution in [0.3, 0.4) is 0 Å². The van der Waals surface area contributed by atoms with E-state index in [9.17, 15) is 0 Å². The highest BCUT2D eigenvalue weighted by Gasteiger charge is 2.38. The van der Waals surface area contributed by atoms with Gasteiger partial charge in [0, 0.05) is 13.1 Å².